The molecule has 0 radical (unpaired) electrons. The van der Waals surface area contributed by atoms with Crippen molar-refractivity contribution in [3.63, 3.8) is 0 Å². The highest BCUT2D eigenvalue weighted by atomic mass is 35.5. The molecule has 0 aliphatic carbocycles. The summed E-state index contributed by atoms with van der Waals surface area (Å²) in [5.41, 5.74) is 2.29. The number of rotatable bonds is 8. The first kappa shape index (κ1) is 33.3. The molecule has 1 heterocycles. The maximum atomic E-state index is 13.8. The number of aryl methyl sites for hydroxylation is 1. The van der Waals surface area contributed by atoms with Gasteiger partial charge in [-0.05, 0) is 66.9 Å². The van der Waals surface area contributed by atoms with E-state index in [9.17, 15) is 27.6 Å². The highest BCUT2D eigenvalue weighted by Crippen LogP contribution is 2.35. The molecule has 0 saturated heterocycles. The molecular weight excluding hydrogens is 629 g/mol. The van der Waals surface area contributed by atoms with Gasteiger partial charge in [0.15, 0.2) is 0 Å². The van der Waals surface area contributed by atoms with Crippen molar-refractivity contribution in [1.29, 1.82) is 0 Å². The van der Waals surface area contributed by atoms with Gasteiger partial charge in [-0.15, -0.1) is 0 Å². The van der Waals surface area contributed by atoms with E-state index in [-0.39, 0.29) is 22.7 Å². The van der Waals surface area contributed by atoms with Crippen molar-refractivity contribution >= 4 is 45.9 Å². The number of nitrogens with zero attached hydrogens (tertiary/aromatic N) is 2. The van der Waals surface area contributed by atoms with E-state index in [0.29, 0.717) is 38.8 Å². The highest BCUT2D eigenvalue weighted by Gasteiger charge is 2.31. The Bertz CT molecular complexity index is 1950. The summed E-state index contributed by atoms with van der Waals surface area (Å²) in [6.45, 7) is 3.66. The number of fused-ring (bicyclic) bond motifs is 1. The average Bonchev–Trinajstić information content (AvgIpc) is 3.31. The summed E-state index contributed by atoms with van der Waals surface area (Å²) in [6.07, 6.45) is -4.47. The quantitative estimate of drug-likeness (QED) is 0.178. The average molecular weight is 661 g/mol. The van der Waals surface area contributed by atoms with Crippen LogP contribution in [-0.2, 0) is 18.0 Å². The zero-order valence-corrected chi connectivity index (χ0v) is 26.8. The minimum Gasteiger partial charge on any atom is -0.352 e. The van der Waals surface area contributed by atoms with Gasteiger partial charge in [0.1, 0.15) is 11.7 Å². The maximum absolute atomic E-state index is 13.8. The molecule has 5 rings (SSSR count). The second-order valence-electron chi connectivity index (χ2n) is 11.4. The van der Waals surface area contributed by atoms with Crippen molar-refractivity contribution < 1.29 is 27.6 Å². The molecule has 0 aliphatic heterocycles. The molecule has 11 heteroatoms. The molecule has 2 N–H and O–H groups in total. The predicted molar refractivity (Wildman–Crippen MR) is 177 cm³/mol. The molecule has 4 aromatic carbocycles. The molecule has 1 atom stereocenters. The lowest BCUT2D eigenvalue weighted by atomic mass is 9.97. The Hall–Kier alpha value is -5.09. The molecule has 0 saturated carbocycles. The number of alkyl halides is 3. The third-order valence-corrected chi connectivity index (χ3v) is 8.19. The Morgan fingerprint density at radius 3 is 2.13 bits per heavy atom. The van der Waals surface area contributed by atoms with E-state index in [0.717, 1.165) is 12.1 Å². The topological polar surface area (TPSA) is 83.4 Å². The van der Waals surface area contributed by atoms with Gasteiger partial charge in [0.25, 0.3) is 11.8 Å². The number of nitrogens with one attached hydrogen (secondary N) is 2. The summed E-state index contributed by atoms with van der Waals surface area (Å²) < 4.78 is 41.0. The van der Waals surface area contributed by atoms with Crippen LogP contribution in [0.2, 0.25) is 5.02 Å². The number of carbonyl (C=O) groups excluding carboxylic acids is 3. The molecule has 5 aromatic rings. The molecule has 242 valence electrons. The van der Waals surface area contributed by atoms with Crippen LogP contribution in [0.5, 0.6) is 0 Å². The zero-order valence-electron chi connectivity index (χ0n) is 26.0. The Morgan fingerprint density at radius 2 is 1.49 bits per heavy atom. The van der Waals surface area contributed by atoms with Gasteiger partial charge in [0.2, 0.25) is 5.91 Å². The van der Waals surface area contributed by atoms with Crippen LogP contribution < -0.4 is 15.5 Å². The number of halogens is 4. The summed E-state index contributed by atoms with van der Waals surface area (Å²) in [5.74, 6) is -1.32. The van der Waals surface area contributed by atoms with Crippen LogP contribution in [-0.4, -0.2) is 35.4 Å². The van der Waals surface area contributed by atoms with Gasteiger partial charge >= 0.3 is 6.18 Å². The molecule has 3 amide bonds. The number of anilines is 1. The van der Waals surface area contributed by atoms with E-state index in [1.54, 1.807) is 85.4 Å². The normalized spacial score (nSPS) is 12.2. The minimum absolute atomic E-state index is 0.138. The second kappa shape index (κ2) is 13.3. The fourth-order valence-electron chi connectivity index (χ4n) is 5.42. The molecule has 47 heavy (non-hydrogen) atoms. The van der Waals surface area contributed by atoms with Gasteiger partial charge < -0.3 is 20.1 Å². The first-order valence-corrected chi connectivity index (χ1v) is 15.1. The van der Waals surface area contributed by atoms with Crippen LogP contribution in [0.1, 0.15) is 51.9 Å². The van der Waals surface area contributed by atoms with E-state index < -0.39 is 29.6 Å². The minimum atomic E-state index is -4.47. The third-order valence-electron chi connectivity index (χ3n) is 7.81. The van der Waals surface area contributed by atoms with Crippen LogP contribution in [0.25, 0.3) is 22.0 Å². The molecule has 0 bridgehead atoms. The number of benzene rings is 4. The van der Waals surface area contributed by atoms with Gasteiger partial charge in [-0.1, -0.05) is 72.3 Å². The molecule has 0 fully saturated rings. The Kier molecular flexibility index (Phi) is 9.44. The summed E-state index contributed by atoms with van der Waals surface area (Å²) in [4.78, 5) is 41.9. The van der Waals surface area contributed by atoms with Crippen LogP contribution in [0.3, 0.4) is 0 Å². The lowest BCUT2D eigenvalue weighted by Crippen LogP contribution is -2.43. The smallest absolute Gasteiger partial charge is 0.352 e. The Morgan fingerprint density at radius 1 is 0.851 bits per heavy atom. The van der Waals surface area contributed by atoms with E-state index in [4.69, 9.17) is 11.6 Å². The lowest BCUT2D eigenvalue weighted by molar-refractivity contribution is -0.137. The summed E-state index contributed by atoms with van der Waals surface area (Å²) in [6, 6.07) is 24.2. The highest BCUT2D eigenvalue weighted by molar-refractivity contribution is 6.39. The third kappa shape index (κ3) is 6.88. The van der Waals surface area contributed by atoms with Crippen molar-refractivity contribution in [1.82, 2.24) is 15.2 Å². The van der Waals surface area contributed by atoms with Gasteiger partial charge in [0, 0.05) is 36.8 Å². The summed E-state index contributed by atoms with van der Waals surface area (Å²) >= 11 is 6.81. The van der Waals surface area contributed by atoms with Gasteiger partial charge in [-0.25, -0.2) is 0 Å². The van der Waals surface area contributed by atoms with Crippen molar-refractivity contribution in [2.45, 2.75) is 32.1 Å². The SMILES string of the molecule is CC(C)NC(=O)C(NC(=O)c1c(Cl)c2cc(N(C)C(=O)c3ccccc3-c3ccc(C(F)(F)F)cc3)ccc2n1C)c1ccccc1. The number of hydrogen-bond donors (Lipinski definition) is 2. The molecule has 0 aliphatic rings. The van der Waals surface area contributed by atoms with Gasteiger partial charge in [-0.2, -0.15) is 13.2 Å². The van der Waals surface area contributed by atoms with Crippen molar-refractivity contribution in [3.8, 4) is 11.1 Å². The van der Waals surface area contributed by atoms with Gasteiger partial charge in [-0.3, -0.25) is 14.4 Å². The summed E-state index contributed by atoms with van der Waals surface area (Å²) in [7, 11) is 3.26. The van der Waals surface area contributed by atoms with Crippen LogP contribution in [0.15, 0.2) is 97.1 Å². The monoisotopic (exact) mass is 660 g/mol. The predicted octanol–water partition coefficient (Wildman–Crippen LogP) is 7.79. The van der Waals surface area contributed by atoms with Crippen LogP contribution in [0, 0.1) is 0 Å². The largest absolute Gasteiger partial charge is 0.416 e. The fourth-order valence-corrected chi connectivity index (χ4v) is 5.78. The molecular formula is C36H32ClF3N4O3. The molecule has 0 spiro atoms. The molecule has 1 aromatic heterocycles. The zero-order chi connectivity index (χ0) is 34.0. The standard InChI is InChI=1S/C36H32ClF3N4O3/c1-21(2)41-33(45)31(23-10-6-5-7-11-23)42-34(46)32-30(37)28-20-25(18-19-29(28)44(32)4)43(3)35(47)27-13-9-8-12-26(27)22-14-16-24(17-15-22)36(38,39)40/h5-21,31H,1-4H3,(H,41,45)(H,42,46). The number of aromatic nitrogens is 1. The molecule has 7 nitrogen and oxygen atoms in total. The van der Waals surface area contributed by atoms with Crippen molar-refractivity contribution in [2.75, 3.05) is 11.9 Å². The number of hydrogen-bond acceptors (Lipinski definition) is 3. The van der Waals surface area contributed by atoms with Crippen LogP contribution >= 0.6 is 11.6 Å². The first-order valence-electron chi connectivity index (χ1n) is 14.8. The fraction of sp³-hybridized carbons (Fsp3) is 0.194. The van der Waals surface area contributed by atoms with E-state index in [2.05, 4.69) is 10.6 Å². The van der Waals surface area contributed by atoms with Crippen LogP contribution in [0.4, 0.5) is 18.9 Å². The van der Waals surface area contributed by atoms with Crippen molar-refractivity contribution in [3.05, 3.63) is 124 Å². The Labute approximate surface area is 274 Å². The van der Waals surface area contributed by atoms with Gasteiger partial charge in [0.05, 0.1) is 16.1 Å². The number of carbonyl (C=O) groups is 3. The van der Waals surface area contributed by atoms with E-state index in [1.165, 1.54) is 17.0 Å². The lowest BCUT2D eigenvalue weighted by Gasteiger charge is -2.20. The maximum Gasteiger partial charge on any atom is 0.416 e. The second-order valence-corrected chi connectivity index (χ2v) is 11.8. The van der Waals surface area contributed by atoms with Crippen molar-refractivity contribution in [2.24, 2.45) is 7.05 Å². The van der Waals surface area contributed by atoms with E-state index >= 15 is 0 Å². The number of amides is 3. The van der Waals surface area contributed by atoms with E-state index in [1.807, 2.05) is 19.9 Å². The summed E-state index contributed by atoms with van der Waals surface area (Å²) in [5, 5.41) is 6.32. The first-order chi connectivity index (χ1) is 22.3. The Balaban J connectivity index is 1.45. The molecule has 1 unspecified atom stereocenters.